The van der Waals surface area contributed by atoms with E-state index < -0.39 is 16.1 Å². The third-order valence-electron chi connectivity index (χ3n) is 17.3. The van der Waals surface area contributed by atoms with Crippen molar-refractivity contribution in [1.29, 1.82) is 0 Å². The highest BCUT2D eigenvalue weighted by Gasteiger charge is 2.50. The third kappa shape index (κ3) is 7.16. The van der Waals surface area contributed by atoms with Crippen molar-refractivity contribution in [2.75, 3.05) is 9.80 Å². The highest BCUT2D eigenvalue weighted by atomic mass is 28.3. The maximum absolute atomic E-state index is 2.84. The van der Waals surface area contributed by atoms with E-state index >= 15 is 0 Å². The molecule has 2 aliphatic heterocycles. The monoisotopic (exact) mass is 1050 g/mol. The summed E-state index contributed by atoms with van der Waals surface area (Å²) in [6.07, 6.45) is 0. The van der Waals surface area contributed by atoms with Crippen LogP contribution in [0.5, 0.6) is 0 Å². The van der Waals surface area contributed by atoms with Gasteiger partial charge in [-0.05, 0) is 148 Å². The SMILES string of the molecule is Cc1ccc(-c2c(-c3ccc(C)cc3)c3ccc(N4c5ccccc5[Si](c5ccccc5)(c5ccccc5)c5ccccc54)cc3c3cc(N4c5ccccc5[Si](c5ccccc5)(c5ccccc5)c5ccccc54)ccc23)cc1. The highest BCUT2D eigenvalue weighted by molar-refractivity contribution is 7.22. The maximum atomic E-state index is 2.56. The summed E-state index contributed by atoms with van der Waals surface area (Å²) in [6.45, 7) is 4.36. The average molecular weight is 1050 g/mol. The molecule has 4 heteroatoms. The van der Waals surface area contributed by atoms with Crippen molar-refractivity contribution in [2.45, 2.75) is 13.8 Å². The molecule has 0 fully saturated rings. The Hall–Kier alpha value is -9.59. The quantitative estimate of drug-likeness (QED) is 0.111. The Balaban J connectivity index is 1.03. The zero-order valence-electron chi connectivity index (χ0n) is 44.8. The molecule has 0 atom stereocenters. The van der Waals surface area contributed by atoms with Gasteiger partial charge in [0.15, 0.2) is 16.1 Å². The topological polar surface area (TPSA) is 6.48 Å². The summed E-state index contributed by atoms with van der Waals surface area (Å²) < 4.78 is 0. The molecule has 0 bridgehead atoms. The number of fused-ring (bicyclic) bond motifs is 7. The van der Waals surface area contributed by atoms with E-state index in [0.29, 0.717) is 0 Å². The molecule has 378 valence electrons. The summed E-state index contributed by atoms with van der Waals surface area (Å²) in [4.78, 5) is 5.12. The fraction of sp³-hybridized carbons (Fsp3) is 0.0263. The molecular formula is C76H56N2Si2. The zero-order chi connectivity index (χ0) is 53.4. The first-order valence-corrected chi connectivity index (χ1v) is 31.9. The minimum Gasteiger partial charge on any atom is -0.311 e. The highest BCUT2D eigenvalue weighted by Crippen LogP contribution is 2.49. The van der Waals surface area contributed by atoms with E-state index in [0.717, 1.165) is 11.4 Å². The predicted octanol–water partition coefficient (Wildman–Crippen LogP) is 14.3. The second-order valence-electron chi connectivity index (χ2n) is 21.6. The van der Waals surface area contributed by atoms with Crippen LogP contribution in [-0.4, -0.2) is 16.1 Å². The summed E-state index contributed by atoms with van der Waals surface area (Å²) in [5.74, 6) is 0. The maximum Gasteiger partial charge on any atom is 0.184 e. The van der Waals surface area contributed by atoms with Crippen molar-refractivity contribution in [1.82, 2.24) is 0 Å². The Morgan fingerprint density at radius 1 is 0.237 bits per heavy atom. The minimum atomic E-state index is -2.84. The van der Waals surface area contributed by atoms with E-state index in [2.05, 4.69) is 327 Å². The van der Waals surface area contributed by atoms with Gasteiger partial charge in [0, 0.05) is 34.1 Å². The second kappa shape index (κ2) is 19.1. The van der Waals surface area contributed by atoms with E-state index in [1.165, 1.54) is 119 Å². The standard InChI is InChI=1S/C76H56N2Si2/c1-53-39-43-55(44-40-53)75-63-49-47-57(77-67-31-15-19-35-71(67)79(59-23-7-3-8-24-59,60-25-9-4-10-26-60)72-36-20-16-32-68(72)77)51-65(63)66-52-58(48-50-64(66)76(75)56-45-41-54(2)42-46-56)78-69-33-17-21-37-73(69)80(61-27-11-5-12-28-61,62-29-13-6-14-30-62)74-38-22-18-34-70(74)78/h3-52H,1-2H3. The van der Waals surface area contributed by atoms with Gasteiger partial charge in [0.25, 0.3) is 0 Å². The lowest BCUT2D eigenvalue weighted by Gasteiger charge is -2.45. The summed E-state index contributed by atoms with van der Waals surface area (Å²) >= 11 is 0. The van der Waals surface area contributed by atoms with Gasteiger partial charge in [-0.25, -0.2) is 0 Å². The summed E-state index contributed by atoms with van der Waals surface area (Å²) in [5.41, 5.74) is 14.5. The van der Waals surface area contributed by atoms with Crippen LogP contribution in [0.15, 0.2) is 303 Å². The van der Waals surface area contributed by atoms with Crippen LogP contribution in [0, 0.1) is 13.8 Å². The predicted molar refractivity (Wildman–Crippen MR) is 346 cm³/mol. The Bertz CT molecular complexity index is 4020. The number of benzene rings is 13. The van der Waals surface area contributed by atoms with E-state index in [4.69, 9.17) is 0 Å². The van der Waals surface area contributed by atoms with Crippen molar-refractivity contribution < 1.29 is 0 Å². The molecule has 0 amide bonds. The summed E-state index contributed by atoms with van der Waals surface area (Å²) in [6, 6.07) is 115. The van der Waals surface area contributed by atoms with Crippen LogP contribution in [0.1, 0.15) is 11.1 Å². The molecule has 0 aromatic heterocycles. The van der Waals surface area contributed by atoms with E-state index in [1.807, 2.05) is 0 Å². The van der Waals surface area contributed by atoms with Gasteiger partial charge in [0.2, 0.25) is 0 Å². The van der Waals surface area contributed by atoms with Crippen LogP contribution in [0.3, 0.4) is 0 Å². The molecule has 0 aliphatic carbocycles. The Morgan fingerprint density at radius 3 is 0.787 bits per heavy atom. The molecule has 80 heavy (non-hydrogen) atoms. The molecule has 13 aromatic rings. The molecule has 2 nitrogen and oxygen atoms in total. The molecule has 0 N–H and O–H groups in total. The lowest BCUT2D eigenvalue weighted by atomic mass is 9.84. The van der Waals surface area contributed by atoms with Gasteiger partial charge in [-0.2, -0.15) is 0 Å². The molecule has 0 spiro atoms. The summed E-state index contributed by atoms with van der Waals surface area (Å²) in [5, 5.41) is 15.9. The third-order valence-corrected chi connectivity index (χ3v) is 27.0. The fourth-order valence-electron chi connectivity index (χ4n) is 13.9. The van der Waals surface area contributed by atoms with Gasteiger partial charge in [-0.15, -0.1) is 0 Å². The zero-order valence-corrected chi connectivity index (χ0v) is 46.8. The minimum absolute atomic E-state index is 1.13. The molecule has 0 radical (unpaired) electrons. The number of hydrogen-bond acceptors (Lipinski definition) is 2. The van der Waals surface area contributed by atoms with Gasteiger partial charge in [0.1, 0.15) is 0 Å². The first-order chi connectivity index (χ1) is 39.5. The largest absolute Gasteiger partial charge is 0.311 e. The van der Waals surface area contributed by atoms with Gasteiger partial charge in [-0.3, -0.25) is 0 Å². The lowest BCUT2D eigenvalue weighted by molar-refractivity contribution is 1.29. The molecule has 15 rings (SSSR count). The number of rotatable bonds is 8. The molecule has 0 saturated carbocycles. The number of nitrogens with zero attached hydrogens (tertiary/aromatic N) is 2. The van der Waals surface area contributed by atoms with Crippen molar-refractivity contribution in [3.05, 3.63) is 314 Å². The molecule has 0 saturated heterocycles. The molecular weight excluding hydrogens is 997 g/mol. The average Bonchev–Trinajstić information content (AvgIpc) is 3.27. The first-order valence-electron chi connectivity index (χ1n) is 27.9. The molecule has 2 aliphatic rings. The van der Waals surface area contributed by atoms with Gasteiger partial charge < -0.3 is 9.80 Å². The number of hydrogen-bond donors (Lipinski definition) is 0. The van der Waals surface area contributed by atoms with Crippen LogP contribution in [0.2, 0.25) is 0 Å². The van der Waals surface area contributed by atoms with Crippen LogP contribution in [0.25, 0.3) is 43.8 Å². The lowest BCUT2D eigenvalue weighted by Crippen LogP contribution is -2.77. The fourth-order valence-corrected chi connectivity index (χ4v) is 24.1. The molecule has 0 unspecified atom stereocenters. The van der Waals surface area contributed by atoms with Crippen molar-refractivity contribution >= 4 is 113 Å². The van der Waals surface area contributed by atoms with E-state index in [1.54, 1.807) is 0 Å². The number of para-hydroxylation sites is 4. The van der Waals surface area contributed by atoms with Crippen molar-refractivity contribution in [3.63, 3.8) is 0 Å². The smallest absolute Gasteiger partial charge is 0.184 e. The molecule has 13 aromatic carbocycles. The second-order valence-corrected chi connectivity index (χ2v) is 29.1. The van der Waals surface area contributed by atoms with Gasteiger partial charge >= 0.3 is 0 Å². The Kier molecular flexibility index (Phi) is 11.4. The molecule has 2 heterocycles. The number of aryl methyl sites for hydroxylation is 2. The van der Waals surface area contributed by atoms with E-state index in [-0.39, 0.29) is 0 Å². The van der Waals surface area contributed by atoms with Gasteiger partial charge in [0.05, 0.1) is 0 Å². The van der Waals surface area contributed by atoms with Crippen LogP contribution in [-0.2, 0) is 0 Å². The first kappa shape index (κ1) is 47.6. The normalized spacial score (nSPS) is 13.8. The van der Waals surface area contributed by atoms with Crippen LogP contribution >= 0.6 is 0 Å². The Labute approximate surface area is 470 Å². The van der Waals surface area contributed by atoms with Crippen molar-refractivity contribution in [2.24, 2.45) is 0 Å². The van der Waals surface area contributed by atoms with E-state index in [9.17, 15) is 0 Å². The van der Waals surface area contributed by atoms with Crippen LogP contribution in [0.4, 0.5) is 34.1 Å². The van der Waals surface area contributed by atoms with Gasteiger partial charge in [-0.1, -0.05) is 266 Å². The summed E-state index contributed by atoms with van der Waals surface area (Å²) in [7, 11) is -5.68. The number of anilines is 6. The Morgan fingerprint density at radius 2 is 0.500 bits per heavy atom. The van der Waals surface area contributed by atoms with Crippen molar-refractivity contribution in [3.8, 4) is 22.3 Å². The van der Waals surface area contributed by atoms with Crippen LogP contribution < -0.4 is 51.3 Å².